The minimum absolute atomic E-state index is 0.515. The molecule has 1 aliphatic rings. The van der Waals surface area contributed by atoms with Gasteiger partial charge in [0.15, 0.2) is 5.82 Å². The third-order valence-electron chi connectivity index (χ3n) is 3.58. The Balaban J connectivity index is 1.59. The molecular weight excluding hydrogens is 238 g/mol. The van der Waals surface area contributed by atoms with Gasteiger partial charge in [-0.05, 0) is 30.7 Å². The van der Waals surface area contributed by atoms with E-state index in [4.69, 9.17) is 4.52 Å². The van der Waals surface area contributed by atoms with Gasteiger partial charge < -0.3 is 9.84 Å². The van der Waals surface area contributed by atoms with Crippen molar-refractivity contribution in [1.29, 1.82) is 0 Å². The van der Waals surface area contributed by atoms with E-state index in [-0.39, 0.29) is 0 Å². The Morgan fingerprint density at radius 3 is 2.74 bits per heavy atom. The van der Waals surface area contributed by atoms with Gasteiger partial charge in [0.25, 0.3) is 0 Å². The Morgan fingerprint density at radius 1 is 1.32 bits per heavy atom. The van der Waals surface area contributed by atoms with Crippen LogP contribution >= 0.6 is 0 Å². The molecule has 1 aromatic carbocycles. The number of nitrogens with zero attached hydrogens (tertiary/aromatic N) is 2. The molecule has 0 saturated heterocycles. The number of nitrogens with one attached hydrogen (secondary N) is 1. The van der Waals surface area contributed by atoms with E-state index >= 15 is 0 Å². The van der Waals surface area contributed by atoms with Crippen LogP contribution in [-0.2, 0) is 13.0 Å². The molecule has 2 aromatic rings. The van der Waals surface area contributed by atoms with Crippen LogP contribution in [0.4, 0.5) is 0 Å². The van der Waals surface area contributed by atoms with Gasteiger partial charge in [-0.15, -0.1) is 0 Å². The lowest BCUT2D eigenvalue weighted by molar-refractivity contribution is 0.380. The van der Waals surface area contributed by atoms with E-state index in [0.717, 1.165) is 18.2 Å². The highest BCUT2D eigenvalue weighted by Crippen LogP contribution is 2.34. The maximum atomic E-state index is 4.99. The van der Waals surface area contributed by atoms with Crippen LogP contribution < -0.4 is 5.32 Å². The maximum Gasteiger partial charge on any atom is 0.223 e. The molecule has 0 amide bonds. The number of benzene rings is 1. The first-order chi connectivity index (χ1) is 9.31. The van der Waals surface area contributed by atoms with Gasteiger partial charge >= 0.3 is 0 Å². The Kier molecular flexibility index (Phi) is 3.60. The zero-order valence-electron chi connectivity index (χ0n) is 11.2. The van der Waals surface area contributed by atoms with E-state index in [1.54, 1.807) is 0 Å². The van der Waals surface area contributed by atoms with Crippen molar-refractivity contribution >= 4 is 0 Å². The Morgan fingerprint density at radius 2 is 2.11 bits per heavy atom. The molecule has 1 unspecified atom stereocenters. The van der Waals surface area contributed by atoms with Crippen LogP contribution in [0.15, 0.2) is 34.9 Å². The standard InChI is InChI=1S/C15H19N3O/c1-11-17-15(18-19-11)10-16-14(13-7-8-13)9-12-5-3-2-4-6-12/h2-6,13-14,16H,7-10H2,1H3. The van der Waals surface area contributed by atoms with Gasteiger partial charge in [0.1, 0.15) is 0 Å². The quantitative estimate of drug-likeness (QED) is 0.863. The van der Waals surface area contributed by atoms with Gasteiger partial charge in [-0.25, -0.2) is 0 Å². The zero-order chi connectivity index (χ0) is 13.1. The molecule has 1 heterocycles. The predicted octanol–water partition coefficient (Wildman–Crippen LogP) is 2.49. The highest BCUT2D eigenvalue weighted by molar-refractivity contribution is 5.16. The number of aryl methyl sites for hydroxylation is 1. The second kappa shape index (κ2) is 5.53. The highest BCUT2D eigenvalue weighted by atomic mass is 16.5. The molecule has 0 bridgehead atoms. The molecule has 1 aromatic heterocycles. The Labute approximate surface area is 113 Å². The van der Waals surface area contributed by atoms with E-state index in [1.807, 2.05) is 6.92 Å². The number of rotatable bonds is 6. The molecule has 0 spiro atoms. The van der Waals surface area contributed by atoms with Crippen LogP contribution in [0.2, 0.25) is 0 Å². The van der Waals surface area contributed by atoms with Crippen molar-refractivity contribution in [2.75, 3.05) is 0 Å². The Bertz CT molecular complexity index is 519. The topological polar surface area (TPSA) is 51.0 Å². The van der Waals surface area contributed by atoms with Crippen LogP contribution in [0.1, 0.15) is 30.1 Å². The predicted molar refractivity (Wildman–Crippen MR) is 72.5 cm³/mol. The van der Waals surface area contributed by atoms with Crippen molar-refractivity contribution in [3.8, 4) is 0 Å². The molecule has 1 N–H and O–H groups in total. The second-order valence-electron chi connectivity index (χ2n) is 5.24. The van der Waals surface area contributed by atoms with Crippen molar-refractivity contribution < 1.29 is 4.52 Å². The molecule has 3 rings (SSSR count). The van der Waals surface area contributed by atoms with Crippen LogP contribution in [0.5, 0.6) is 0 Å². The van der Waals surface area contributed by atoms with Gasteiger partial charge in [-0.3, -0.25) is 0 Å². The van der Waals surface area contributed by atoms with E-state index in [9.17, 15) is 0 Å². The van der Waals surface area contributed by atoms with Crippen LogP contribution in [-0.4, -0.2) is 16.2 Å². The summed E-state index contributed by atoms with van der Waals surface area (Å²) in [5.41, 5.74) is 1.39. The lowest BCUT2D eigenvalue weighted by Gasteiger charge is -2.17. The summed E-state index contributed by atoms with van der Waals surface area (Å²) in [6, 6.07) is 11.2. The SMILES string of the molecule is Cc1nc(CNC(Cc2ccccc2)C2CC2)no1. The summed E-state index contributed by atoms with van der Waals surface area (Å²) >= 11 is 0. The largest absolute Gasteiger partial charge is 0.340 e. The van der Waals surface area contributed by atoms with E-state index in [1.165, 1.54) is 18.4 Å². The Hall–Kier alpha value is -1.68. The van der Waals surface area contributed by atoms with Crippen molar-refractivity contribution in [2.45, 2.75) is 38.8 Å². The van der Waals surface area contributed by atoms with Crippen molar-refractivity contribution in [1.82, 2.24) is 15.5 Å². The normalized spacial score (nSPS) is 16.5. The van der Waals surface area contributed by atoms with Crippen molar-refractivity contribution in [3.05, 3.63) is 47.6 Å². The van der Waals surface area contributed by atoms with Gasteiger partial charge in [-0.2, -0.15) is 4.98 Å². The number of hydrogen-bond acceptors (Lipinski definition) is 4. The van der Waals surface area contributed by atoms with Gasteiger partial charge in [0.2, 0.25) is 5.89 Å². The molecule has 1 aliphatic carbocycles. The summed E-state index contributed by atoms with van der Waals surface area (Å²) in [6.45, 7) is 2.50. The second-order valence-corrected chi connectivity index (χ2v) is 5.24. The fourth-order valence-electron chi connectivity index (χ4n) is 2.41. The molecule has 19 heavy (non-hydrogen) atoms. The summed E-state index contributed by atoms with van der Waals surface area (Å²) in [5.74, 6) is 2.17. The highest BCUT2D eigenvalue weighted by Gasteiger charge is 2.31. The van der Waals surface area contributed by atoms with Crippen LogP contribution in [0.3, 0.4) is 0 Å². The molecule has 1 atom stereocenters. The summed E-state index contributed by atoms with van der Waals surface area (Å²) in [7, 11) is 0. The molecule has 1 saturated carbocycles. The average molecular weight is 257 g/mol. The van der Waals surface area contributed by atoms with Crippen LogP contribution in [0, 0.1) is 12.8 Å². The summed E-state index contributed by atoms with van der Waals surface area (Å²) in [5, 5.41) is 7.50. The zero-order valence-corrected chi connectivity index (χ0v) is 11.2. The monoisotopic (exact) mass is 257 g/mol. The molecule has 1 fully saturated rings. The van der Waals surface area contributed by atoms with E-state index in [0.29, 0.717) is 18.5 Å². The molecular formula is C15H19N3O. The third kappa shape index (κ3) is 3.41. The van der Waals surface area contributed by atoms with Gasteiger partial charge in [-0.1, -0.05) is 35.5 Å². The van der Waals surface area contributed by atoms with Gasteiger partial charge in [0, 0.05) is 13.0 Å². The summed E-state index contributed by atoms with van der Waals surface area (Å²) in [6.07, 6.45) is 3.73. The average Bonchev–Trinajstić information content (AvgIpc) is 3.19. The van der Waals surface area contributed by atoms with E-state index in [2.05, 4.69) is 45.8 Å². The minimum Gasteiger partial charge on any atom is -0.340 e. The van der Waals surface area contributed by atoms with Crippen LogP contribution in [0.25, 0.3) is 0 Å². The maximum absolute atomic E-state index is 4.99. The lowest BCUT2D eigenvalue weighted by atomic mass is 10.0. The molecule has 0 radical (unpaired) electrons. The smallest absolute Gasteiger partial charge is 0.223 e. The lowest BCUT2D eigenvalue weighted by Crippen LogP contribution is -2.33. The molecule has 100 valence electrons. The first-order valence-corrected chi connectivity index (χ1v) is 6.88. The molecule has 4 heteroatoms. The summed E-state index contributed by atoms with van der Waals surface area (Å²) in [4.78, 5) is 4.23. The number of hydrogen-bond donors (Lipinski definition) is 1. The first kappa shape index (κ1) is 12.4. The molecule has 0 aliphatic heterocycles. The minimum atomic E-state index is 0.515. The van der Waals surface area contributed by atoms with Crippen molar-refractivity contribution in [2.24, 2.45) is 5.92 Å². The number of aromatic nitrogens is 2. The first-order valence-electron chi connectivity index (χ1n) is 6.88. The fourth-order valence-corrected chi connectivity index (χ4v) is 2.41. The van der Waals surface area contributed by atoms with Gasteiger partial charge in [0.05, 0.1) is 6.54 Å². The van der Waals surface area contributed by atoms with Crippen molar-refractivity contribution in [3.63, 3.8) is 0 Å². The fraction of sp³-hybridized carbons (Fsp3) is 0.467. The summed E-state index contributed by atoms with van der Waals surface area (Å²) < 4.78 is 4.99. The molecule has 4 nitrogen and oxygen atoms in total. The third-order valence-corrected chi connectivity index (χ3v) is 3.58. The van der Waals surface area contributed by atoms with E-state index < -0.39 is 0 Å².